The number of aliphatic carboxylic acids is 1. The van der Waals surface area contributed by atoms with E-state index in [1.54, 1.807) is 22.2 Å². The van der Waals surface area contributed by atoms with Gasteiger partial charge in [-0.15, -0.1) is 16.4 Å². The molecule has 0 aliphatic carbocycles. The molecule has 0 aliphatic rings. The van der Waals surface area contributed by atoms with Gasteiger partial charge in [-0.25, -0.2) is 9.67 Å². The molecule has 0 saturated carbocycles. The van der Waals surface area contributed by atoms with Crippen LogP contribution in [0.15, 0.2) is 11.6 Å². The lowest BCUT2D eigenvalue weighted by atomic mass is 10.2. The predicted molar refractivity (Wildman–Crippen MR) is 71.2 cm³/mol. The second kappa shape index (κ2) is 6.42. The standard InChI is InChI=1S/C12H16N4O2S/c1-2-3-11-13-10(8-19-11)7-16-6-9(14-15-16)4-5-12(17)18/h6,8H,2-5,7H2,1H3,(H,17,18). The Labute approximate surface area is 115 Å². The first-order chi connectivity index (χ1) is 9.17. The zero-order valence-electron chi connectivity index (χ0n) is 10.7. The number of hydrogen-bond acceptors (Lipinski definition) is 5. The molecule has 0 radical (unpaired) electrons. The van der Waals surface area contributed by atoms with E-state index in [1.165, 1.54) is 0 Å². The zero-order valence-corrected chi connectivity index (χ0v) is 11.6. The molecule has 102 valence electrons. The van der Waals surface area contributed by atoms with Crippen molar-refractivity contribution < 1.29 is 9.90 Å². The van der Waals surface area contributed by atoms with Crippen molar-refractivity contribution in [1.29, 1.82) is 0 Å². The Morgan fingerprint density at radius 2 is 2.26 bits per heavy atom. The first-order valence-corrected chi connectivity index (χ1v) is 7.09. The minimum atomic E-state index is -0.821. The number of hydrogen-bond donors (Lipinski definition) is 1. The maximum absolute atomic E-state index is 10.5. The van der Waals surface area contributed by atoms with E-state index in [9.17, 15) is 4.79 Å². The Balaban J connectivity index is 1.93. The van der Waals surface area contributed by atoms with Crippen molar-refractivity contribution >= 4 is 17.3 Å². The van der Waals surface area contributed by atoms with E-state index in [-0.39, 0.29) is 6.42 Å². The average Bonchev–Trinajstić information content (AvgIpc) is 2.98. The molecule has 7 heteroatoms. The maximum Gasteiger partial charge on any atom is 0.303 e. The van der Waals surface area contributed by atoms with E-state index in [1.807, 2.05) is 5.38 Å². The van der Waals surface area contributed by atoms with Crippen molar-refractivity contribution in [2.75, 3.05) is 0 Å². The molecule has 2 heterocycles. The quantitative estimate of drug-likeness (QED) is 0.835. The molecular formula is C12H16N4O2S. The van der Waals surface area contributed by atoms with Gasteiger partial charge in [0.05, 0.1) is 29.4 Å². The van der Waals surface area contributed by atoms with Gasteiger partial charge in [-0.05, 0) is 12.8 Å². The molecule has 0 bridgehead atoms. The predicted octanol–water partition coefficient (Wildman–Crippen LogP) is 1.75. The molecular weight excluding hydrogens is 264 g/mol. The third kappa shape index (κ3) is 4.13. The van der Waals surface area contributed by atoms with Gasteiger partial charge in [0.2, 0.25) is 0 Å². The van der Waals surface area contributed by atoms with E-state index in [2.05, 4.69) is 22.2 Å². The van der Waals surface area contributed by atoms with E-state index >= 15 is 0 Å². The SMILES string of the molecule is CCCc1nc(Cn2cc(CCC(=O)O)nn2)cs1. The highest BCUT2D eigenvalue weighted by molar-refractivity contribution is 7.09. The van der Waals surface area contributed by atoms with Crippen molar-refractivity contribution in [3.05, 3.63) is 28.0 Å². The smallest absolute Gasteiger partial charge is 0.303 e. The number of aryl methyl sites for hydroxylation is 2. The highest BCUT2D eigenvalue weighted by atomic mass is 32.1. The summed E-state index contributed by atoms with van der Waals surface area (Å²) in [5, 5.41) is 19.7. The lowest BCUT2D eigenvalue weighted by molar-refractivity contribution is -0.136. The van der Waals surface area contributed by atoms with Crippen LogP contribution in [0.25, 0.3) is 0 Å². The van der Waals surface area contributed by atoms with Gasteiger partial charge in [0.15, 0.2) is 0 Å². The van der Waals surface area contributed by atoms with Gasteiger partial charge >= 0.3 is 5.97 Å². The van der Waals surface area contributed by atoms with Gasteiger partial charge in [0.25, 0.3) is 0 Å². The second-order valence-corrected chi connectivity index (χ2v) is 5.23. The molecule has 0 aliphatic heterocycles. The first kappa shape index (κ1) is 13.7. The highest BCUT2D eigenvalue weighted by Gasteiger charge is 2.06. The van der Waals surface area contributed by atoms with Gasteiger partial charge < -0.3 is 5.11 Å². The van der Waals surface area contributed by atoms with E-state index in [4.69, 9.17) is 5.11 Å². The molecule has 0 aromatic carbocycles. The molecule has 1 N–H and O–H groups in total. The van der Waals surface area contributed by atoms with Crippen molar-refractivity contribution in [3.8, 4) is 0 Å². The minimum absolute atomic E-state index is 0.0794. The Hall–Kier alpha value is -1.76. The third-order valence-corrected chi connectivity index (χ3v) is 3.53. The molecule has 2 rings (SSSR count). The molecule has 0 saturated heterocycles. The third-order valence-electron chi connectivity index (χ3n) is 2.57. The molecule has 0 unspecified atom stereocenters. The van der Waals surface area contributed by atoms with Gasteiger partial charge in [-0.2, -0.15) is 0 Å². The maximum atomic E-state index is 10.5. The van der Waals surface area contributed by atoms with Crippen molar-refractivity contribution in [2.24, 2.45) is 0 Å². The summed E-state index contributed by atoms with van der Waals surface area (Å²) in [6.45, 7) is 2.72. The van der Waals surface area contributed by atoms with Crippen LogP contribution in [0, 0.1) is 0 Å². The van der Waals surface area contributed by atoms with Gasteiger partial charge in [0.1, 0.15) is 0 Å². The van der Waals surface area contributed by atoms with E-state index < -0.39 is 5.97 Å². The summed E-state index contributed by atoms with van der Waals surface area (Å²) in [6, 6.07) is 0. The summed E-state index contributed by atoms with van der Waals surface area (Å²) in [5.74, 6) is -0.821. The van der Waals surface area contributed by atoms with Crippen LogP contribution in [-0.4, -0.2) is 31.1 Å². The molecule has 2 aromatic rings. The molecule has 0 spiro atoms. The normalized spacial score (nSPS) is 10.8. The van der Waals surface area contributed by atoms with Crippen LogP contribution >= 0.6 is 11.3 Å². The molecule has 0 fully saturated rings. The number of carbonyl (C=O) groups is 1. The van der Waals surface area contributed by atoms with Crippen LogP contribution in [-0.2, 0) is 24.2 Å². The largest absolute Gasteiger partial charge is 0.481 e. The Morgan fingerprint density at radius 3 is 3.00 bits per heavy atom. The van der Waals surface area contributed by atoms with E-state index in [0.717, 1.165) is 23.5 Å². The summed E-state index contributed by atoms with van der Waals surface area (Å²) < 4.78 is 1.70. The van der Waals surface area contributed by atoms with E-state index in [0.29, 0.717) is 18.7 Å². The van der Waals surface area contributed by atoms with Crippen LogP contribution in [0.5, 0.6) is 0 Å². The Kier molecular flexibility index (Phi) is 4.62. The molecule has 6 nitrogen and oxygen atoms in total. The van der Waals surface area contributed by atoms with Gasteiger partial charge in [0, 0.05) is 18.0 Å². The fourth-order valence-corrected chi connectivity index (χ4v) is 2.57. The van der Waals surface area contributed by atoms with Crippen LogP contribution in [0.1, 0.15) is 36.2 Å². The monoisotopic (exact) mass is 280 g/mol. The molecule has 0 atom stereocenters. The summed E-state index contributed by atoms with van der Waals surface area (Å²) in [7, 11) is 0. The fourth-order valence-electron chi connectivity index (χ4n) is 1.68. The zero-order chi connectivity index (χ0) is 13.7. The highest BCUT2D eigenvalue weighted by Crippen LogP contribution is 2.12. The Bertz CT molecular complexity index is 549. The van der Waals surface area contributed by atoms with Crippen LogP contribution < -0.4 is 0 Å². The van der Waals surface area contributed by atoms with Crippen LogP contribution in [0.3, 0.4) is 0 Å². The lowest BCUT2D eigenvalue weighted by Crippen LogP contribution is -2.01. The Morgan fingerprint density at radius 1 is 1.42 bits per heavy atom. The van der Waals surface area contributed by atoms with Gasteiger partial charge in [-0.3, -0.25) is 4.79 Å². The summed E-state index contributed by atoms with van der Waals surface area (Å²) in [6.07, 6.45) is 4.37. The summed E-state index contributed by atoms with van der Waals surface area (Å²) in [4.78, 5) is 15.0. The molecule has 2 aromatic heterocycles. The number of carboxylic acids is 1. The summed E-state index contributed by atoms with van der Waals surface area (Å²) >= 11 is 1.66. The van der Waals surface area contributed by atoms with Crippen LogP contribution in [0.2, 0.25) is 0 Å². The number of thiazole rings is 1. The second-order valence-electron chi connectivity index (χ2n) is 4.28. The molecule has 0 amide bonds. The number of nitrogens with zero attached hydrogens (tertiary/aromatic N) is 4. The number of aromatic nitrogens is 4. The fraction of sp³-hybridized carbons (Fsp3) is 0.500. The minimum Gasteiger partial charge on any atom is -0.481 e. The first-order valence-electron chi connectivity index (χ1n) is 6.21. The topological polar surface area (TPSA) is 80.9 Å². The van der Waals surface area contributed by atoms with Crippen molar-refractivity contribution in [3.63, 3.8) is 0 Å². The van der Waals surface area contributed by atoms with Gasteiger partial charge in [-0.1, -0.05) is 12.1 Å². The summed E-state index contributed by atoms with van der Waals surface area (Å²) in [5.41, 5.74) is 1.68. The van der Waals surface area contributed by atoms with Crippen molar-refractivity contribution in [1.82, 2.24) is 20.0 Å². The average molecular weight is 280 g/mol. The van der Waals surface area contributed by atoms with Crippen molar-refractivity contribution in [2.45, 2.75) is 39.2 Å². The molecule has 19 heavy (non-hydrogen) atoms. The van der Waals surface area contributed by atoms with Crippen LogP contribution in [0.4, 0.5) is 0 Å². The number of rotatable bonds is 7. The lowest BCUT2D eigenvalue weighted by Gasteiger charge is -1.95. The number of carboxylic acid groups (broad SMARTS) is 1.